The fourth-order valence-corrected chi connectivity index (χ4v) is 2.76. The Kier molecular flexibility index (Phi) is 8.70. The van der Waals surface area contributed by atoms with E-state index in [9.17, 15) is 4.79 Å². The van der Waals surface area contributed by atoms with E-state index in [1.807, 2.05) is 32.3 Å². The van der Waals surface area contributed by atoms with Crippen molar-refractivity contribution in [3.63, 3.8) is 0 Å². The van der Waals surface area contributed by atoms with Crippen LogP contribution in [0.5, 0.6) is 5.75 Å². The minimum atomic E-state index is 0.128. The molecule has 0 saturated heterocycles. The number of hydrogen-bond donors (Lipinski definition) is 1. The highest BCUT2D eigenvalue weighted by Gasteiger charge is 2.19. The molecule has 0 bridgehead atoms. The van der Waals surface area contributed by atoms with E-state index in [0.717, 1.165) is 37.0 Å². The Labute approximate surface area is 141 Å². The molecule has 1 amide bonds. The quantitative estimate of drug-likeness (QED) is 0.716. The Morgan fingerprint density at radius 3 is 2.61 bits per heavy atom. The number of benzene rings is 1. The van der Waals surface area contributed by atoms with E-state index in [1.165, 1.54) is 0 Å². The maximum atomic E-state index is 12.4. The number of likely N-dealkylation sites (N-methyl/N-ethyl adjacent to an activating group) is 1. The fourth-order valence-electron chi connectivity index (χ4n) is 2.76. The summed E-state index contributed by atoms with van der Waals surface area (Å²) < 4.78 is 5.30. The molecule has 1 rings (SSSR count). The molecule has 0 aliphatic carbocycles. The molecule has 0 aromatic heterocycles. The van der Waals surface area contributed by atoms with E-state index in [0.29, 0.717) is 6.54 Å². The lowest BCUT2D eigenvalue weighted by Gasteiger charge is -2.26. The fraction of sp³-hybridized carbons (Fsp3) is 0.632. The van der Waals surface area contributed by atoms with Crippen molar-refractivity contribution in [2.75, 3.05) is 27.7 Å². The molecule has 0 heterocycles. The van der Waals surface area contributed by atoms with Crippen LogP contribution in [0.3, 0.4) is 0 Å². The molecule has 0 spiro atoms. The molecule has 0 fully saturated rings. The Bertz CT molecular complexity index is 474. The van der Waals surface area contributed by atoms with Crippen LogP contribution in [0, 0.1) is 5.92 Å². The van der Waals surface area contributed by atoms with Gasteiger partial charge in [0.1, 0.15) is 5.75 Å². The average molecular weight is 320 g/mol. The van der Waals surface area contributed by atoms with Crippen molar-refractivity contribution in [1.82, 2.24) is 10.2 Å². The Balaban J connectivity index is 2.71. The molecule has 0 aliphatic rings. The van der Waals surface area contributed by atoms with Crippen LogP contribution >= 0.6 is 0 Å². The molecule has 1 N–H and O–H groups in total. The second-order valence-corrected chi connectivity index (χ2v) is 6.25. The van der Waals surface area contributed by atoms with Crippen molar-refractivity contribution < 1.29 is 9.53 Å². The van der Waals surface area contributed by atoms with Gasteiger partial charge in [-0.2, -0.15) is 0 Å². The lowest BCUT2D eigenvalue weighted by Crippen LogP contribution is -2.37. The van der Waals surface area contributed by atoms with Gasteiger partial charge in [-0.15, -0.1) is 0 Å². The number of hydrogen-bond acceptors (Lipinski definition) is 3. The van der Waals surface area contributed by atoms with E-state index in [2.05, 4.69) is 30.1 Å². The monoisotopic (exact) mass is 320 g/mol. The summed E-state index contributed by atoms with van der Waals surface area (Å²) in [7, 11) is 5.74. The van der Waals surface area contributed by atoms with E-state index < -0.39 is 0 Å². The SMILES string of the molecule is CCCCC(CC)C(=O)NCC(c1cccc(OC)c1)N(C)C. The summed E-state index contributed by atoms with van der Waals surface area (Å²) >= 11 is 0. The molecule has 2 atom stereocenters. The number of carbonyl (C=O) groups excluding carboxylic acids is 1. The standard InChI is InChI=1S/C19H32N2O2/c1-6-8-10-15(7-2)19(22)20-14-18(21(3)4)16-11-9-12-17(13-16)23-5/h9,11-13,15,18H,6-8,10,14H2,1-5H3,(H,20,22). The largest absolute Gasteiger partial charge is 0.497 e. The first-order chi connectivity index (χ1) is 11.0. The molecule has 2 unspecified atom stereocenters. The molecule has 4 nitrogen and oxygen atoms in total. The summed E-state index contributed by atoms with van der Waals surface area (Å²) in [6.45, 7) is 4.86. The zero-order chi connectivity index (χ0) is 17.2. The number of nitrogens with zero attached hydrogens (tertiary/aromatic N) is 1. The van der Waals surface area contributed by atoms with E-state index in [4.69, 9.17) is 4.74 Å². The normalized spacial score (nSPS) is 13.7. The lowest BCUT2D eigenvalue weighted by atomic mass is 9.98. The topological polar surface area (TPSA) is 41.6 Å². The number of ether oxygens (including phenoxy) is 1. The first kappa shape index (κ1) is 19.5. The highest BCUT2D eigenvalue weighted by Crippen LogP contribution is 2.22. The maximum absolute atomic E-state index is 12.4. The van der Waals surface area contributed by atoms with Crippen LogP contribution in [0.2, 0.25) is 0 Å². The number of amides is 1. The van der Waals surface area contributed by atoms with Crippen LogP contribution in [-0.2, 0) is 4.79 Å². The Morgan fingerprint density at radius 2 is 2.04 bits per heavy atom. The minimum Gasteiger partial charge on any atom is -0.497 e. The number of unbranched alkanes of at least 4 members (excludes halogenated alkanes) is 1. The van der Waals surface area contributed by atoms with Gasteiger partial charge in [-0.05, 0) is 44.6 Å². The van der Waals surface area contributed by atoms with Gasteiger partial charge in [0, 0.05) is 12.5 Å². The first-order valence-corrected chi connectivity index (χ1v) is 8.61. The zero-order valence-corrected chi connectivity index (χ0v) is 15.3. The molecule has 23 heavy (non-hydrogen) atoms. The van der Waals surface area contributed by atoms with Gasteiger partial charge >= 0.3 is 0 Å². The Hall–Kier alpha value is -1.55. The summed E-state index contributed by atoms with van der Waals surface area (Å²) in [6.07, 6.45) is 4.12. The molecule has 4 heteroatoms. The summed E-state index contributed by atoms with van der Waals surface area (Å²) in [5.74, 6) is 1.15. The van der Waals surface area contributed by atoms with Crippen molar-refractivity contribution >= 4 is 5.91 Å². The van der Waals surface area contributed by atoms with E-state index in [1.54, 1.807) is 7.11 Å². The van der Waals surface area contributed by atoms with Crippen LogP contribution in [0.15, 0.2) is 24.3 Å². The van der Waals surface area contributed by atoms with Gasteiger partial charge in [-0.1, -0.05) is 38.8 Å². The molecule has 0 radical (unpaired) electrons. The summed E-state index contributed by atoms with van der Waals surface area (Å²) in [6, 6.07) is 8.17. The van der Waals surface area contributed by atoms with E-state index >= 15 is 0 Å². The van der Waals surface area contributed by atoms with Crippen LogP contribution in [0.4, 0.5) is 0 Å². The molecule has 130 valence electrons. The van der Waals surface area contributed by atoms with Gasteiger partial charge < -0.3 is 15.0 Å². The van der Waals surface area contributed by atoms with E-state index in [-0.39, 0.29) is 17.9 Å². The molecule has 0 aliphatic heterocycles. The third-order valence-corrected chi connectivity index (χ3v) is 4.34. The molecule has 1 aromatic carbocycles. The lowest BCUT2D eigenvalue weighted by molar-refractivity contribution is -0.125. The van der Waals surface area contributed by atoms with Crippen LogP contribution in [0.25, 0.3) is 0 Å². The van der Waals surface area contributed by atoms with Crippen molar-refractivity contribution in [2.45, 2.75) is 45.6 Å². The second-order valence-electron chi connectivity index (χ2n) is 6.25. The van der Waals surface area contributed by atoms with Crippen LogP contribution in [0.1, 0.15) is 51.1 Å². The summed E-state index contributed by atoms with van der Waals surface area (Å²) in [5.41, 5.74) is 1.15. The highest BCUT2D eigenvalue weighted by atomic mass is 16.5. The predicted octanol–water partition coefficient (Wildman–Crippen LogP) is 3.63. The number of methoxy groups -OCH3 is 1. The van der Waals surface area contributed by atoms with Crippen LogP contribution < -0.4 is 10.1 Å². The third-order valence-electron chi connectivity index (χ3n) is 4.34. The molecule has 1 aromatic rings. The molecular weight excluding hydrogens is 288 g/mol. The molecule has 0 saturated carbocycles. The van der Waals surface area contributed by atoms with Crippen molar-refractivity contribution in [3.05, 3.63) is 29.8 Å². The smallest absolute Gasteiger partial charge is 0.223 e. The van der Waals surface area contributed by atoms with Gasteiger partial charge in [0.15, 0.2) is 0 Å². The zero-order valence-electron chi connectivity index (χ0n) is 15.3. The van der Waals surface area contributed by atoms with Crippen molar-refractivity contribution in [2.24, 2.45) is 5.92 Å². The average Bonchev–Trinajstić information content (AvgIpc) is 2.55. The van der Waals surface area contributed by atoms with Crippen molar-refractivity contribution in [1.29, 1.82) is 0 Å². The highest BCUT2D eigenvalue weighted by molar-refractivity contribution is 5.78. The van der Waals surface area contributed by atoms with Crippen LogP contribution in [-0.4, -0.2) is 38.6 Å². The maximum Gasteiger partial charge on any atom is 0.223 e. The molecular formula is C19H32N2O2. The third kappa shape index (κ3) is 6.22. The Morgan fingerprint density at radius 1 is 1.30 bits per heavy atom. The number of rotatable bonds is 10. The summed E-state index contributed by atoms with van der Waals surface area (Å²) in [4.78, 5) is 14.5. The van der Waals surface area contributed by atoms with Gasteiger partial charge in [-0.25, -0.2) is 0 Å². The van der Waals surface area contributed by atoms with Gasteiger partial charge in [0.25, 0.3) is 0 Å². The van der Waals surface area contributed by atoms with Gasteiger partial charge in [0.05, 0.1) is 13.2 Å². The number of nitrogens with one attached hydrogen (secondary N) is 1. The first-order valence-electron chi connectivity index (χ1n) is 8.61. The summed E-state index contributed by atoms with van der Waals surface area (Å²) in [5, 5.41) is 3.14. The van der Waals surface area contributed by atoms with Gasteiger partial charge in [0.2, 0.25) is 5.91 Å². The minimum absolute atomic E-state index is 0.128. The van der Waals surface area contributed by atoms with Crippen molar-refractivity contribution in [3.8, 4) is 5.75 Å². The second kappa shape index (κ2) is 10.3. The number of carbonyl (C=O) groups is 1. The van der Waals surface area contributed by atoms with Gasteiger partial charge in [-0.3, -0.25) is 4.79 Å². The predicted molar refractivity (Wildman–Crippen MR) is 95.7 cm³/mol.